The molecule has 0 aliphatic rings. The normalized spacial score (nSPS) is 9.80. The minimum absolute atomic E-state index is 0.243. The first-order valence-electron chi connectivity index (χ1n) is 4.48. The molecule has 0 atom stereocenters. The molecule has 1 aromatic rings. The van der Waals surface area contributed by atoms with Gasteiger partial charge < -0.3 is 10.1 Å². The van der Waals surface area contributed by atoms with Crippen LogP contribution in [0.25, 0.3) is 0 Å². The first-order chi connectivity index (χ1) is 7.13. The van der Waals surface area contributed by atoms with E-state index in [1.54, 1.807) is 12.1 Å². The third-order valence-corrected chi connectivity index (χ3v) is 2.30. The number of nitrogens with one attached hydrogen (secondary N) is 1. The molecule has 0 saturated carbocycles. The highest BCUT2D eigenvalue weighted by Gasteiger charge is 2.02. The van der Waals surface area contributed by atoms with Crippen LogP contribution in [0.3, 0.4) is 0 Å². The van der Waals surface area contributed by atoms with Crippen molar-refractivity contribution in [3.63, 3.8) is 0 Å². The van der Waals surface area contributed by atoms with Gasteiger partial charge >= 0.3 is 0 Å². The van der Waals surface area contributed by atoms with Gasteiger partial charge in [-0.3, -0.25) is 4.79 Å². The topological polar surface area (TPSA) is 38.3 Å². The Bertz CT molecular complexity index is 357. The molecule has 1 rings (SSSR count). The molecule has 5 heteroatoms. The molecule has 1 N–H and O–H groups in total. The van der Waals surface area contributed by atoms with Gasteiger partial charge in [0.05, 0.1) is 11.6 Å². The minimum atomic E-state index is -0.243. The Morgan fingerprint density at radius 2 is 2.33 bits per heavy atom. The Kier molecular flexibility index (Phi) is 4.91. The van der Waals surface area contributed by atoms with Gasteiger partial charge in [0, 0.05) is 22.5 Å². The van der Waals surface area contributed by atoms with E-state index in [9.17, 15) is 4.79 Å². The third kappa shape index (κ3) is 4.10. The van der Waals surface area contributed by atoms with Crippen molar-refractivity contribution in [1.29, 1.82) is 0 Å². The highest BCUT2D eigenvalue weighted by molar-refractivity contribution is 9.18. The van der Waals surface area contributed by atoms with Crippen LogP contribution >= 0.6 is 27.5 Å². The second-order valence-corrected chi connectivity index (χ2v) is 3.95. The highest BCUT2D eigenvalue weighted by atomic mass is 79.9. The van der Waals surface area contributed by atoms with Crippen molar-refractivity contribution in [2.75, 3.05) is 6.61 Å². The van der Waals surface area contributed by atoms with Gasteiger partial charge in [-0.2, -0.15) is 0 Å². The van der Waals surface area contributed by atoms with Gasteiger partial charge in [-0.1, -0.05) is 17.7 Å². The van der Waals surface area contributed by atoms with Crippen LogP contribution in [0.15, 0.2) is 18.2 Å². The van der Waals surface area contributed by atoms with Crippen molar-refractivity contribution in [1.82, 2.24) is 5.32 Å². The van der Waals surface area contributed by atoms with E-state index in [4.69, 9.17) is 16.3 Å². The molecule has 0 fully saturated rings. The summed E-state index contributed by atoms with van der Waals surface area (Å²) in [5.74, 6) is 0.660. The molecule has 0 saturated heterocycles. The Morgan fingerprint density at radius 3 is 2.87 bits per heavy atom. The standard InChI is InChI=1S/C10H11BrClNO2/c1-2-15-9-4-3-7(5-8(9)12)6-13-10(11)14/h3-5H,2,6H2,1H3,(H,13,14). The molecule has 0 radical (unpaired) electrons. The summed E-state index contributed by atoms with van der Waals surface area (Å²) < 4.78 is 5.29. The van der Waals surface area contributed by atoms with E-state index in [1.165, 1.54) is 0 Å². The van der Waals surface area contributed by atoms with Gasteiger partial charge in [-0.05, 0) is 24.6 Å². The van der Waals surface area contributed by atoms with E-state index in [-0.39, 0.29) is 4.82 Å². The molecule has 1 amide bonds. The fraction of sp³-hybridized carbons (Fsp3) is 0.300. The highest BCUT2D eigenvalue weighted by Crippen LogP contribution is 2.25. The van der Waals surface area contributed by atoms with E-state index in [1.807, 2.05) is 13.0 Å². The summed E-state index contributed by atoms with van der Waals surface area (Å²) in [6.07, 6.45) is 0. The number of ether oxygens (including phenoxy) is 1. The molecular weight excluding hydrogens is 281 g/mol. The number of amides is 1. The van der Waals surface area contributed by atoms with Crippen LogP contribution in [0.2, 0.25) is 5.02 Å². The molecular formula is C10H11BrClNO2. The van der Waals surface area contributed by atoms with E-state index in [0.29, 0.717) is 23.9 Å². The average Bonchev–Trinajstić information content (AvgIpc) is 2.19. The number of rotatable bonds is 4. The van der Waals surface area contributed by atoms with Crippen LogP contribution in [0, 0.1) is 0 Å². The van der Waals surface area contributed by atoms with E-state index >= 15 is 0 Å². The summed E-state index contributed by atoms with van der Waals surface area (Å²) >= 11 is 8.76. The molecule has 0 aliphatic carbocycles. The second kappa shape index (κ2) is 5.98. The molecule has 0 aliphatic heterocycles. The van der Waals surface area contributed by atoms with Gasteiger partial charge in [0.25, 0.3) is 4.82 Å². The Morgan fingerprint density at radius 1 is 1.60 bits per heavy atom. The maximum Gasteiger partial charge on any atom is 0.287 e. The van der Waals surface area contributed by atoms with Crippen LogP contribution in [0.1, 0.15) is 12.5 Å². The first kappa shape index (κ1) is 12.3. The monoisotopic (exact) mass is 291 g/mol. The van der Waals surface area contributed by atoms with E-state index in [0.717, 1.165) is 5.56 Å². The maximum atomic E-state index is 10.6. The predicted molar refractivity (Wildman–Crippen MR) is 63.8 cm³/mol. The number of carbonyl (C=O) groups is 1. The van der Waals surface area contributed by atoms with E-state index < -0.39 is 0 Å². The average molecular weight is 293 g/mol. The SMILES string of the molecule is CCOc1ccc(CNC(=O)Br)cc1Cl. The Balaban J connectivity index is 2.68. The Labute approximate surface area is 102 Å². The van der Waals surface area contributed by atoms with E-state index in [2.05, 4.69) is 21.2 Å². The molecule has 0 bridgehead atoms. The van der Waals surface area contributed by atoms with Crippen molar-refractivity contribution >= 4 is 32.3 Å². The maximum absolute atomic E-state index is 10.6. The lowest BCUT2D eigenvalue weighted by Gasteiger charge is -2.07. The van der Waals surface area contributed by atoms with Crippen LogP contribution in [0.5, 0.6) is 5.75 Å². The van der Waals surface area contributed by atoms with Gasteiger partial charge in [0.2, 0.25) is 0 Å². The van der Waals surface area contributed by atoms with Crippen molar-refractivity contribution in [2.45, 2.75) is 13.5 Å². The molecule has 82 valence electrons. The second-order valence-electron chi connectivity index (χ2n) is 2.83. The largest absolute Gasteiger partial charge is 0.492 e. The quantitative estimate of drug-likeness (QED) is 0.683. The number of carbonyl (C=O) groups excluding carboxylic acids is 1. The van der Waals surface area contributed by atoms with Crippen LogP contribution in [-0.2, 0) is 6.54 Å². The van der Waals surface area contributed by atoms with Gasteiger partial charge in [0.1, 0.15) is 5.75 Å². The third-order valence-electron chi connectivity index (χ3n) is 1.73. The predicted octanol–water partition coefficient (Wildman–Crippen LogP) is 3.34. The van der Waals surface area contributed by atoms with Crippen molar-refractivity contribution in [2.24, 2.45) is 0 Å². The molecule has 0 heterocycles. The fourth-order valence-electron chi connectivity index (χ4n) is 1.10. The lowest BCUT2D eigenvalue weighted by molar-refractivity contribution is 0.261. The molecule has 15 heavy (non-hydrogen) atoms. The van der Waals surface area contributed by atoms with Crippen molar-refractivity contribution < 1.29 is 9.53 Å². The van der Waals surface area contributed by atoms with Gasteiger partial charge in [-0.15, -0.1) is 0 Å². The zero-order valence-electron chi connectivity index (χ0n) is 8.22. The minimum Gasteiger partial charge on any atom is -0.492 e. The zero-order valence-corrected chi connectivity index (χ0v) is 10.6. The van der Waals surface area contributed by atoms with Crippen LogP contribution in [-0.4, -0.2) is 11.4 Å². The van der Waals surface area contributed by atoms with Gasteiger partial charge in [0.15, 0.2) is 0 Å². The van der Waals surface area contributed by atoms with Crippen molar-refractivity contribution in [3.05, 3.63) is 28.8 Å². The summed E-state index contributed by atoms with van der Waals surface area (Å²) in [5, 5.41) is 3.17. The number of hydrogen-bond acceptors (Lipinski definition) is 2. The zero-order chi connectivity index (χ0) is 11.3. The number of hydrogen-bond donors (Lipinski definition) is 1. The van der Waals surface area contributed by atoms with Crippen molar-refractivity contribution in [3.8, 4) is 5.75 Å². The molecule has 0 aromatic heterocycles. The van der Waals surface area contributed by atoms with Gasteiger partial charge in [-0.25, -0.2) is 0 Å². The fourth-order valence-corrected chi connectivity index (χ4v) is 1.50. The summed E-state index contributed by atoms with van der Waals surface area (Å²) in [6.45, 7) is 2.92. The van der Waals surface area contributed by atoms with Crippen LogP contribution in [0.4, 0.5) is 4.79 Å². The summed E-state index contributed by atoms with van der Waals surface area (Å²) in [5.41, 5.74) is 0.927. The van der Waals surface area contributed by atoms with Crippen LogP contribution < -0.4 is 10.1 Å². The molecule has 3 nitrogen and oxygen atoms in total. The lowest BCUT2D eigenvalue weighted by Crippen LogP contribution is -2.14. The Hall–Kier alpha value is -0.740. The smallest absolute Gasteiger partial charge is 0.287 e. The summed E-state index contributed by atoms with van der Waals surface area (Å²) in [6, 6.07) is 5.43. The summed E-state index contributed by atoms with van der Waals surface area (Å²) in [7, 11) is 0. The number of benzene rings is 1. The summed E-state index contributed by atoms with van der Waals surface area (Å²) in [4.78, 5) is 10.4. The molecule has 1 aromatic carbocycles. The molecule has 0 spiro atoms. The number of halogens is 2. The molecule has 0 unspecified atom stereocenters. The lowest BCUT2D eigenvalue weighted by atomic mass is 10.2. The first-order valence-corrected chi connectivity index (χ1v) is 5.65.